The lowest BCUT2D eigenvalue weighted by Crippen LogP contribution is -2.15. The van der Waals surface area contributed by atoms with Crippen LogP contribution in [0, 0.1) is 0 Å². The number of nitrogens with zero attached hydrogens (tertiary/aromatic N) is 3. The van der Waals surface area contributed by atoms with Crippen LogP contribution in [0.4, 0.5) is 0 Å². The minimum Gasteiger partial charge on any atom is -0.486 e. The first-order valence-corrected chi connectivity index (χ1v) is 8.74. The zero-order valence-electron chi connectivity index (χ0n) is 14.0. The van der Waals surface area contributed by atoms with Crippen LogP contribution in [0.15, 0.2) is 60.7 Å². The lowest BCUT2D eigenvalue weighted by molar-refractivity contribution is 0.187. The number of aromatic nitrogens is 3. The highest BCUT2D eigenvalue weighted by atomic mass is 16.5. The largest absolute Gasteiger partial charge is 0.486 e. The van der Waals surface area contributed by atoms with Crippen molar-refractivity contribution < 1.29 is 9.47 Å². The molecule has 25 heavy (non-hydrogen) atoms. The summed E-state index contributed by atoms with van der Waals surface area (Å²) in [6.45, 7) is 0.333. The summed E-state index contributed by atoms with van der Waals surface area (Å²) in [5, 5.41) is 8.59. The molecule has 0 bridgehead atoms. The fourth-order valence-corrected chi connectivity index (χ4v) is 3.13. The molecule has 0 saturated heterocycles. The van der Waals surface area contributed by atoms with Gasteiger partial charge in [-0.25, -0.2) is 4.57 Å². The van der Waals surface area contributed by atoms with E-state index in [1.807, 2.05) is 65.2 Å². The summed E-state index contributed by atoms with van der Waals surface area (Å²) in [7, 11) is 0. The number of benzene rings is 2. The van der Waals surface area contributed by atoms with Crippen molar-refractivity contribution in [2.24, 2.45) is 0 Å². The molecule has 0 spiro atoms. The highest BCUT2D eigenvalue weighted by Gasteiger charge is 2.22. The van der Waals surface area contributed by atoms with Crippen LogP contribution in [0.3, 0.4) is 0 Å². The van der Waals surface area contributed by atoms with E-state index in [2.05, 4.69) is 10.2 Å². The molecule has 0 aliphatic heterocycles. The summed E-state index contributed by atoms with van der Waals surface area (Å²) in [5.74, 6) is 1.53. The number of hydrogen-bond donors (Lipinski definition) is 0. The van der Waals surface area contributed by atoms with Crippen molar-refractivity contribution in [2.75, 3.05) is 0 Å². The van der Waals surface area contributed by atoms with E-state index in [0.717, 1.165) is 30.1 Å². The molecule has 1 aromatic heterocycles. The van der Waals surface area contributed by atoms with Gasteiger partial charge in [-0.15, -0.1) is 5.10 Å². The molecule has 5 heteroatoms. The Balaban J connectivity index is 1.60. The van der Waals surface area contributed by atoms with Crippen LogP contribution in [-0.2, 0) is 6.61 Å². The van der Waals surface area contributed by atoms with Crippen molar-refractivity contribution in [3.8, 4) is 17.4 Å². The highest BCUT2D eigenvalue weighted by Crippen LogP contribution is 2.26. The summed E-state index contributed by atoms with van der Waals surface area (Å²) >= 11 is 0. The van der Waals surface area contributed by atoms with Crippen molar-refractivity contribution in [1.82, 2.24) is 14.8 Å². The van der Waals surface area contributed by atoms with Crippen LogP contribution >= 0.6 is 0 Å². The Bertz CT molecular complexity index is 796. The van der Waals surface area contributed by atoms with E-state index >= 15 is 0 Å². The smallest absolute Gasteiger partial charge is 0.322 e. The molecule has 0 N–H and O–H groups in total. The van der Waals surface area contributed by atoms with Gasteiger partial charge in [0.15, 0.2) is 5.82 Å². The number of ether oxygens (including phenoxy) is 2. The Morgan fingerprint density at radius 1 is 0.880 bits per heavy atom. The maximum Gasteiger partial charge on any atom is 0.322 e. The molecule has 0 radical (unpaired) electrons. The second-order valence-electron chi connectivity index (χ2n) is 6.20. The minimum atomic E-state index is 0.231. The van der Waals surface area contributed by atoms with Gasteiger partial charge in [-0.3, -0.25) is 0 Å². The first-order valence-electron chi connectivity index (χ1n) is 8.74. The summed E-state index contributed by atoms with van der Waals surface area (Å²) in [4.78, 5) is 0. The van der Waals surface area contributed by atoms with Crippen molar-refractivity contribution >= 4 is 0 Å². The van der Waals surface area contributed by atoms with E-state index in [-0.39, 0.29) is 6.10 Å². The molecule has 1 aliphatic carbocycles. The predicted octanol–water partition coefficient (Wildman–Crippen LogP) is 4.17. The maximum atomic E-state index is 6.13. The van der Waals surface area contributed by atoms with Crippen molar-refractivity contribution in [2.45, 2.75) is 38.4 Å². The number of hydrogen-bond acceptors (Lipinski definition) is 4. The molecule has 1 heterocycles. The molecule has 0 unspecified atom stereocenters. The van der Waals surface area contributed by atoms with Crippen LogP contribution in [0.2, 0.25) is 0 Å². The third kappa shape index (κ3) is 3.65. The lowest BCUT2D eigenvalue weighted by atomic mass is 10.3. The van der Waals surface area contributed by atoms with Crippen molar-refractivity contribution in [3.05, 3.63) is 66.5 Å². The van der Waals surface area contributed by atoms with Gasteiger partial charge in [-0.2, -0.15) is 0 Å². The molecule has 2 aromatic carbocycles. The summed E-state index contributed by atoms with van der Waals surface area (Å²) in [6, 6.07) is 20.3. The van der Waals surface area contributed by atoms with E-state index in [4.69, 9.17) is 9.47 Å². The predicted molar refractivity (Wildman–Crippen MR) is 95.0 cm³/mol. The Kier molecular flexibility index (Phi) is 4.63. The average Bonchev–Trinajstić information content (AvgIpc) is 3.32. The second kappa shape index (κ2) is 7.38. The first-order chi connectivity index (χ1) is 12.4. The van der Waals surface area contributed by atoms with Gasteiger partial charge in [-0.05, 0) is 49.9 Å². The van der Waals surface area contributed by atoms with Gasteiger partial charge in [0.05, 0.1) is 5.69 Å². The molecule has 4 rings (SSSR count). The summed E-state index contributed by atoms with van der Waals surface area (Å²) in [5.41, 5.74) is 0.979. The molecule has 3 aromatic rings. The quantitative estimate of drug-likeness (QED) is 0.678. The van der Waals surface area contributed by atoms with E-state index in [1.54, 1.807) is 0 Å². The normalized spacial score (nSPS) is 14.6. The van der Waals surface area contributed by atoms with Gasteiger partial charge in [0, 0.05) is 0 Å². The van der Waals surface area contributed by atoms with Gasteiger partial charge in [0.1, 0.15) is 18.5 Å². The minimum absolute atomic E-state index is 0.231. The van der Waals surface area contributed by atoms with E-state index in [0.29, 0.717) is 12.6 Å². The highest BCUT2D eigenvalue weighted by molar-refractivity contribution is 5.35. The SMILES string of the molecule is c1ccc(OCc2nnc(OC3CCCC3)n2-c2ccccc2)cc1. The Morgan fingerprint density at radius 2 is 1.56 bits per heavy atom. The zero-order chi connectivity index (χ0) is 16.9. The lowest BCUT2D eigenvalue weighted by Gasteiger charge is -2.15. The van der Waals surface area contributed by atoms with Crippen molar-refractivity contribution in [1.29, 1.82) is 0 Å². The standard InChI is InChI=1S/C20H21N3O2/c1-3-9-16(10-4-1)23-19(15-24-17-11-5-2-6-12-17)21-22-20(23)25-18-13-7-8-14-18/h1-6,9-12,18H,7-8,13-15H2. The molecule has 128 valence electrons. The molecule has 0 amide bonds. The monoisotopic (exact) mass is 335 g/mol. The van der Waals surface area contributed by atoms with Crippen LogP contribution in [0.5, 0.6) is 11.8 Å². The van der Waals surface area contributed by atoms with Gasteiger partial charge in [-0.1, -0.05) is 41.5 Å². The molecular weight excluding hydrogens is 314 g/mol. The van der Waals surface area contributed by atoms with E-state index in [9.17, 15) is 0 Å². The number of rotatable bonds is 6. The Labute approximate surface area is 147 Å². The van der Waals surface area contributed by atoms with Gasteiger partial charge < -0.3 is 9.47 Å². The third-order valence-electron chi connectivity index (χ3n) is 4.40. The topological polar surface area (TPSA) is 49.2 Å². The van der Waals surface area contributed by atoms with Crippen LogP contribution < -0.4 is 9.47 Å². The van der Waals surface area contributed by atoms with Gasteiger partial charge >= 0.3 is 6.01 Å². The van der Waals surface area contributed by atoms with Crippen molar-refractivity contribution in [3.63, 3.8) is 0 Å². The molecule has 1 saturated carbocycles. The Hall–Kier alpha value is -2.82. The molecule has 0 atom stereocenters. The van der Waals surface area contributed by atoms with Gasteiger partial charge in [0.2, 0.25) is 0 Å². The second-order valence-corrected chi connectivity index (χ2v) is 6.20. The first kappa shape index (κ1) is 15.7. The van der Waals surface area contributed by atoms with E-state index < -0.39 is 0 Å². The summed E-state index contributed by atoms with van der Waals surface area (Å²) in [6.07, 6.45) is 4.83. The fourth-order valence-electron chi connectivity index (χ4n) is 3.13. The summed E-state index contributed by atoms with van der Waals surface area (Å²) < 4.78 is 13.9. The molecule has 1 fully saturated rings. The average molecular weight is 335 g/mol. The maximum absolute atomic E-state index is 6.13. The molecule has 1 aliphatic rings. The third-order valence-corrected chi connectivity index (χ3v) is 4.40. The number of para-hydroxylation sites is 2. The zero-order valence-corrected chi connectivity index (χ0v) is 14.0. The molecular formula is C20H21N3O2. The molecule has 5 nitrogen and oxygen atoms in total. The Morgan fingerprint density at radius 3 is 2.28 bits per heavy atom. The van der Waals surface area contributed by atoms with Crippen LogP contribution in [0.25, 0.3) is 5.69 Å². The van der Waals surface area contributed by atoms with Crippen LogP contribution in [-0.4, -0.2) is 20.9 Å². The van der Waals surface area contributed by atoms with E-state index in [1.165, 1.54) is 12.8 Å². The van der Waals surface area contributed by atoms with Gasteiger partial charge in [0.25, 0.3) is 0 Å². The fraction of sp³-hybridized carbons (Fsp3) is 0.300. The van der Waals surface area contributed by atoms with Crippen LogP contribution in [0.1, 0.15) is 31.5 Å².